The topological polar surface area (TPSA) is 68.2 Å². The molecule has 0 unspecified atom stereocenters. The van der Waals surface area contributed by atoms with E-state index < -0.39 is 0 Å². The summed E-state index contributed by atoms with van der Waals surface area (Å²) in [6.07, 6.45) is 0. The van der Waals surface area contributed by atoms with Gasteiger partial charge in [-0.05, 0) is 5.56 Å². The van der Waals surface area contributed by atoms with Crippen LogP contribution in [0.5, 0.6) is 17.2 Å². The fraction of sp³-hybridized carbons (Fsp3) is 0.278. The minimum Gasteiger partial charge on any atom is -0.507 e. The lowest BCUT2D eigenvalue weighted by Gasteiger charge is -2.18. The Morgan fingerprint density at radius 1 is 1.21 bits per heavy atom. The van der Waals surface area contributed by atoms with E-state index in [1.807, 2.05) is 30.3 Å². The van der Waals surface area contributed by atoms with Crippen molar-refractivity contribution in [3.63, 3.8) is 0 Å². The number of phenols is 1. The summed E-state index contributed by atoms with van der Waals surface area (Å²) in [5.74, 6) is 0.484. The van der Waals surface area contributed by atoms with E-state index in [4.69, 9.17) is 14.2 Å². The minimum atomic E-state index is -0.297. The molecule has 24 heavy (non-hydrogen) atoms. The average Bonchev–Trinajstić information content (AvgIpc) is 3.05. The predicted octanol–water partition coefficient (Wildman–Crippen LogP) is 2.41. The molecule has 0 saturated heterocycles. The number of amides is 1. The van der Waals surface area contributed by atoms with Crippen LogP contribution in [0.2, 0.25) is 0 Å². The molecule has 0 spiro atoms. The molecule has 0 atom stereocenters. The second-order valence-electron chi connectivity index (χ2n) is 5.49. The van der Waals surface area contributed by atoms with E-state index >= 15 is 0 Å². The van der Waals surface area contributed by atoms with E-state index in [1.165, 1.54) is 17.0 Å². The summed E-state index contributed by atoms with van der Waals surface area (Å²) in [5.41, 5.74) is 1.27. The molecule has 0 bridgehead atoms. The van der Waals surface area contributed by atoms with Crippen molar-refractivity contribution in [2.24, 2.45) is 0 Å². The van der Waals surface area contributed by atoms with Crippen LogP contribution in [-0.2, 0) is 11.3 Å². The highest BCUT2D eigenvalue weighted by Crippen LogP contribution is 2.37. The average molecular weight is 329 g/mol. The summed E-state index contributed by atoms with van der Waals surface area (Å²) < 4.78 is 16.0. The molecular weight excluding hydrogens is 310 g/mol. The summed E-state index contributed by atoms with van der Waals surface area (Å²) in [7, 11) is 1.66. The van der Waals surface area contributed by atoms with E-state index in [0.717, 1.165) is 5.56 Å². The van der Waals surface area contributed by atoms with Crippen molar-refractivity contribution in [1.82, 2.24) is 4.90 Å². The van der Waals surface area contributed by atoms with Crippen molar-refractivity contribution in [2.45, 2.75) is 6.61 Å². The van der Waals surface area contributed by atoms with Gasteiger partial charge in [-0.3, -0.25) is 4.79 Å². The van der Waals surface area contributed by atoms with Crippen LogP contribution in [0, 0.1) is 0 Å². The molecule has 3 rings (SSSR count). The molecule has 6 heteroatoms. The molecule has 0 aliphatic carbocycles. The molecule has 1 aliphatic rings. The number of aromatic hydroxyl groups is 1. The number of fused-ring (bicyclic) bond motifs is 1. The fourth-order valence-electron chi connectivity index (χ4n) is 2.38. The first-order chi connectivity index (χ1) is 11.6. The lowest BCUT2D eigenvalue weighted by molar-refractivity contribution is 0.0668. The van der Waals surface area contributed by atoms with Gasteiger partial charge in [0.2, 0.25) is 6.79 Å². The summed E-state index contributed by atoms with van der Waals surface area (Å²) in [6, 6.07) is 12.7. The second kappa shape index (κ2) is 7.23. The molecule has 2 aromatic rings. The van der Waals surface area contributed by atoms with Crippen LogP contribution >= 0.6 is 0 Å². The molecule has 2 aromatic carbocycles. The Kier molecular flexibility index (Phi) is 4.86. The van der Waals surface area contributed by atoms with Crippen molar-refractivity contribution >= 4 is 5.91 Å². The highest BCUT2D eigenvalue weighted by molar-refractivity contribution is 5.97. The van der Waals surface area contributed by atoms with E-state index in [2.05, 4.69) is 0 Å². The predicted molar refractivity (Wildman–Crippen MR) is 87.3 cm³/mol. The number of phenolic OH excluding ortho intramolecular Hbond substituents is 1. The van der Waals surface area contributed by atoms with Crippen molar-refractivity contribution in [3.8, 4) is 17.2 Å². The van der Waals surface area contributed by atoms with Crippen LogP contribution in [0.25, 0.3) is 0 Å². The van der Waals surface area contributed by atoms with Crippen LogP contribution in [0.3, 0.4) is 0 Å². The van der Waals surface area contributed by atoms with Gasteiger partial charge < -0.3 is 24.2 Å². The molecule has 0 aromatic heterocycles. The van der Waals surface area contributed by atoms with Crippen molar-refractivity contribution in [3.05, 3.63) is 53.6 Å². The smallest absolute Gasteiger partial charge is 0.257 e. The number of carbonyl (C=O) groups is 1. The van der Waals surface area contributed by atoms with Gasteiger partial charge in [0.25, 0.3) is 5.91 Å². The van der Waals surface area contributed by atoms with Gasteiger partial charge in [0.15, 0.2) is 11.5 Å². The monoisotopic (exact) mass is 329 g/mol. The Labute approximate surface area is 140 Å². The van der Waals surface area contributed by atoms with E-state index in [1.54, 1.807) is 7.05 Å². The summed E-state index contributed by atoms with van der Waals surface area (Å²) in [5, 5.41) is 10.00. The molecule has 1 heterocycles. The zero-order valence-corrected chi connectivity index (χ0v) is 13.4. The first-order valence-electron chi connectivity index (χ1n) is 7.65. The van der Waals surface area contributed by atoms with Gasteiger partial charge in [0.05, 0.1) is 18.8 Å². The molecular formula is C18H19NO5. The number of nitrogens with zero attached hydrogens (tertiary/aromatic N) is 1. The number of hydrogen-bond acceptors (Lipinski definition) is 5. The Hall–Kier alpha value is -2.73. The van der Waals surface area contributed by atoms with Crippen molar-refractivity contribution in [1.29, 1.82) is 0 Å². The number of rotatable bonds is 6. The lowest BCUT2D eigenvalue weighted by atomic mass is 10.1. The fourth-order valence-corrected chi connectivity index (χ4v) is 2.38. The molecule has 1 aliphatic heterocycles. The second-order valence-corrected chi connectivity index (χ2v) is 5.49. The van der Waals surface area contributed by atoms with Crippen LogP contribution in [0.15, 0.2) is 42.5 Å². The quantitative estimate of drug-likeness (QED) is 0.824. The van der Waals surface area contributed by atoms with Crippen LogP contribution < -0.4 is 9.47 Å². The van der Waals surface area contributed by atoms with Crippen LogP contribution in [-0.4, -0.2) is 42.9 Å². The Morgan fingerprint density at radius 3 is 2.67 bits per heavy atom. The van der Waals surface area contributed by atoms with Gasteiger partial charge in [-0.2, -0.15) is 0 Å². The number of benzene rings is 2. The first-order valence-corrected chi connectivity index (χ1v) is 7.65. The first kappa shape index (κ1) is 16.1. The summed E-state index contributed by atoms with van der Waals surface area (Å²) in [6.45, 7) is 1.41. The number of likely N-dealkylation sites (N-methyl/N-ethyl adjacent to an activating group) is 1. The van der Waals surface area contributed by atoms with Crippen molar-refractivity contribution < 1.29 is 24.1 Å². The van der Waals surface area contributed by atoms with E-state index in [-0.39, 0.29) is 24.0 Å². The van der Waals surface area contributed by atoms with Crippen molar-refractivity contribution in [2.75, 3.05) is 27.0 Å². The van der Waals surface area contributed by atoms with E-state index in [9.17, 15) is 9.90 Å². The number of ether oxygens (including phenoxy) is 3. The maximum atomic E-state index is 12.4. The van der Waals surface area contributed by atoms with Gasteiger partial charge in [0.1, 0.15) is 5.75 Å². The third-order valence-corrected chi connectivity index (χ3v) is 3.75. The van der Waals surface area contributed by atoms with E-state index in [0.29, 0.717) is 31.3 Å². The molecule has 1 amide bonds. The Bertz CT molecular complexity index is 717. The highest BCUT2D eigenvalue weighted by Gasteiger charge is 2.22. The van der Waals surface area contributed by atoms with Gasteiger partial charge in [0, 0.05) is 25.7 Å². The number of carbonyl (C=O) groups excluding carboxylic acids is 1. The lowest BCUT2D eigenvalue weighted by Crippen LogP contribution is -2.30. The zero-order valence-electron chi connectivity index (χ0n) is 13.4. The standard InChI is InChI=1S/C18H19NO5/c1-19(7-8-22-11-13-5-3-2-4-6-13)18(21)14-9-16-17(10-15(14)20)24-12-23-16/h2-6,9-10,20H,7-8,11-12H2,1H3. The van der Waals surface area contributed by atoms with Gasteiger partial charge >= 0.3 is 0 Å². The van der Waals surface area contributed by atoms with Gasteiger partial charge in [-0.25, -0.2) is 0 Å². The van der Waals surface area contributed by atoms with Gasteiger partial charge in [-0.15, -0.1) is 0 Å². The maximum absolute atomic E-state index is 12.4. The third-order valence-electron chi connectivity index (χ3n) is 3.75. The maximum Gasteiger partial charge on any atom is 0.257 e. The number of hydrogen-bond donors (Lipinski definition) is 1. The molecule has 126 valence electrons. The Morgan fingerprint density at radius 2 is 1.92 bits per heavy atom. The van der Waals surface area contributed by atoms with Crippen LogP contribution in [0.4, 0.5) is 0 Å². The Balaban J connectivity index is 1.53. The minimum absolute atomic E-state index is 0.0928. The molecule has 1 N–H and O–H groups in total. The molecule has 0 saturated carbocycles. The van der Waals surface area contributed by atoms with Crippen LogP contribution in [0.1, 0.15) is 15.9 Å². The summed E-state index contributed by atoms with van der Waals surface area (Å²) >= 11 is 0. The van der Waals surface area contributed by atoms with Gasteiger partial charge in [-0.1, -0.05) is 30.3 Å². The molecule has 0 fully saturated rings. The highest BCUT2D eigenvalue weighted by atomic mass is 16.7. The normalized spacial score (nSPS) is 12.2. The summed E-state index contributed by atoms with van der Waals surface area (Å²) in [4.78, 5) is 13.9. The molecule has 0 radical (unpaired) electrons. The molecule has 6 nitrogen and oxygen atoms in total. The SMILES string of the molecule is CN(CCOCc1ccccc1)C(=O)c1cc2c(cc1O)OCO2. The zero-order chi connectivity index (χ0) is 16.9. The largest absolute Gasteiger partial charge is 0.507 e. The third kappa shape index (κ3) is 3.60.